The number of piperidine rings is 1. The van der Waals surface area contributed by atoms with Crippen LogP contribution in [0.5, 0.6) is 0 Å². The number of anilines is 1. The number of nitrogens with zero attached hydrogens (tertiary/aromatic N) is 3. The maximum Gasteiger partial charge on any atom is 0.224 e. The summed E-state index contributed by atoms with van der Waals surface area (Å²) in [6.07, 6.45) is 8.44. The first-order valence-electron chi connectivity index (χ1n) is 11.0. The third-order valence-electron chi connectivity index (χ3n) is 6.12. The molecule has 2 aliphatic heterocycles. The van der Waals surface area contributed by atoms with Crippen LogP contribution in [0, 0.1) is 5.92 Å². The minimum absolute atomic E-state index is 0.0557. The number of fused-ring (bicyclic) bond motifs is 1. The van der Waals surface area contributed by atoms with E-state index in [0.717, 1.165) is 62.4 Å². The van der Waals surface area contributed by atoms with Crippen molar-refractivity contribution in [2.75, 3.05) is 44.2 Å². The third kappa shape index (κ3) is 4.85. The van der Waals surface area contributed by atoms with Gasteiger partial charge in [-0.1, -0.05) is 25.0 Å². The van der Waals surface area contributed by atoms with Crippen LogP contribution in [0.1, 0.15) is 44.9 Å². The zero-order valence-corrected chi connectivity index (χ0v) is 16.8. The molecular weight excluding hydrogens is 350 g/mol. The second-order valence-electron chi connectivity index (χ2n) is 8.26. The molecule has 2 aromatic rings. The molecule has 0 radical (unpaired) electrons. The number of nitrogens with one attached hydrogen (secondary N) is 2. The number of para-hydroxylation sites is 2. The van der Waals surface area contributed by atoms with E-state index in [1.54, 1.807) is 0 Å². The highest BCUT2D eigenvalue weighted by molar-refractivity contribution is 5.80. The van der Waals surface area contributed by atoms with E-state index in [0.29, 0.717) is 0 Å². The van der Waals surface area contributed by atoms with Crippen molar-refractivity contribution < 1.29 is 4.79 Å². The van der Waals surface area contributed by atoms with Crippen LogP contribution in [-0.4, -0.2) is 60.0 Å². The first kappa shape index (κ1) is 19.2. The summed E-state index contributed by atoms with van der Waals surface area (Å²) in [6.45, 7) is 6.05. The fraction of sp³-hybridized carbons (Fsp3) is 0.636. The lowest BCUT2D eigenvalue weighted by Crippen LogP contribution is -2.44. The van der Waals surface area contributed by atoms with Gasteiger partial charge in [-0.25, -0.2) is 4.98 Å². The third-order valence-corrected chi connectivity index (χ3v) is 6.12. The van der Waals surface area contributed by atoms with Crippen molar-refractivity contribution in [3.8, 4) is 0 Å². The number of carbonyl (C=O) groups is 1. The summed E-state index contributed by atoms with van der Waals surface area (Å²) >= 11 is 0. The molecule has 0 bridgehead atoms. The summed E-state index contributed by atoms with van der Waals surface area (Å²) in [5.74, 6) is 1.15. The Morgan fingerprint density at radius 2 is 1.93 bits per heavy atom. The maximum atomic E-state index is 12.7. The van der Waals surface area contributed by atoms with E-state index in [4.69, 9.17) is 4.98 Å². The first-order valence-corrected chi connectivity index (χ1v) is 11.0. The van der Waals surface area contributed by atoms with Crippen molar-refractivity contribution in [1.82, 2.24) is 20.2 Å². The average Bonchev–Trinajstić information content (AvgIpc) is 3.00. The van der Waals surface area contributed by atoms with Crippen molar-refractivity contribution in [1.29, 1.82) is 0 Å². The van der Waals surface area contributed by atoms with Crippen molar-refractivity contribution in [2.24, 2.45) is 5.92 Å². The number of aromatic nitrogens is 2. The molecule has 2 saturated heterocycles. The summed E-state index contributed by atoms with van der Waals surface area (Å²) in [6, 6.07) is 8.09. The molecule has 1 atom stereocenters. The van der Waals surface area contributed by atoms with Gasteiger partial charge in [0.15, 0.2) is 0 Å². The van der Waals surface area contributed by atoms with E-state index < -0.39 is 0 Å². The van der Waals surface area contributed by atoms with E-state index >= 15 is 0 Å². The maximum absolute atomic E-state index is 12.7. The normalized spacial score (nSPS) is 21.6. The van der Waals surface area contributed by atoms with Gasteiger partial charge in [0, 0.05) is 19.6 Å². The zero-order valence-electron chi connectivity index (χ0n) is 16.8. The molecule has 2 fully saturated rings. The predicted octanol–water partition coefficient (Wildman–Crippen LogP) is 3.16. The van der Waals surface area contributed by atoms with Crippen LogP contribution in [0.4, 0.5) is 5.95 Å². The van der Waals surface area contributed by atoms with E-state index in [-0.39, 0.29) is 11.8 Å². The molecule has 1 aromatic heterocycles. The van der Waals surface area contributed by atoms with Gasteiger partial charge in [0.1, 0.15) is 0 Å². The van der Waals surface area contributed by atoms with E-state index in [9.17, 15) is 4.79 Å². The molecule has 1 unspecified atom stereocenters. The Bertz CT molecular complexity index is 732. The molecule has 4 rings (SSSR count). The number of hydrogen-bond acceptors (Lipinski definition) is 4. The van der Waals surface area contributed by atoms with Gasteiger partial charge in [-0.05, 0) is 63.9 Å². The van der Waals surface area contributed by atoms with Crippen LogP contribution in [0.3, 0.4) is 0 Å². The standard InChI is InChI=1S/C22H33N5O/c28-21(23-12-8-15-26-13-5-1-2-6-14-26)18-9-7-16-27(17-18)22-24-19-10-3-4-11-20(19)25-22/h3-4,10-11,18H,1-2,5-9,12-17H2,(H,23,28)(H,24,25). The molecular formula is C22H33N5O. The average molecular weight is 384 g/mol. The van der Waals surface area contributed by atoms with Crippen molar-refractivity contribution in [2.45, 2.75) is 44.9 Å². The summed E-state index contributed by atoms with van der Waals surface area (Å²) in [4.78, 5) is 25.6. The largest absolute Gasteiger partial charge is 0.356 e. The second-order valence-corrected chi connectivity index (χ2v) is 8.26. The highest BCUT2D eigenvalue weighted by Gasteiger charge is 2.27. The van der Waals surface area contributed by atoms with Gasteiger partial charge in [0.05, 0.1) is 17.0 Å². The monoisotopic (exact) mass is 383 g/mol. The Hall–Kier alpha value is -2.08. The van der Waals surface area contributed by atoms with Crippen LogP contribution in [0.2, 0.25) is 0 Å². The summed E-state index contributed by atoms with van der Waals surface area (Å²) in [5, 5.41) is 3.18. The van der Waals surface area contributed by atoms with E-state index in [1.165, 1.54) is 38.8 Å². The summed E-state index contributed by atoms with van der Waals surface area (Å²) in [5.41, 5.74) is 2.04. The van der Waals surface area contributed by atoms with Crippen LogP contribution in [0.15, 0.2) is 24.3 Å². The molecule has 1 amide bonds. The van der Waals surface area contributed by atoms with E-state index in [1.807, 2.05) is 24.3 Å². The molecule has 152 valence electrons. The number of imidazole rings is 1. The van der Waals surface area contributed by atoms with Crippen LogP contribution in [0.25, 0.3) is 11.0 Å². The smallest absolute Gasteiger partial charge is 0.224 e. The molecule has 2 aliphatic rings. The minimum Gasteiger partial charge on any atom is -0.356 e. The van der Waals surface area contributed by atoms with Gasteiger partial charge in [0.25, 0.3) is 0 Å². The molecule has 0 spiro atoms. The Morgan fingerprint density at radius 1 is 1.11 bits per heavy atom. The highest BCUT2D eigenvalue weighted by Crippen LogP contribution is 2.23. The van der Waals surface area contributed by atoms with Crippen molar-refractivity contribution in [3.63, 3.8) is 0 Å². The zero-order chi connectivity index (χ0) is 19.2. The molecule has 3 heterocycles. The summed E-state index contributed by atoms with van der Waals surface area (Å²) in [7, 11) is 0. The number of H-pyrrole nitrogens is 1. The number of amides is 1. The number of rotatable bonds is 6. The number of benzene rings is 1. The topological polar surface area (TPSA) is 64.3 Å². The Morgan fingerprint density at radius 3 is 2.75 bits per heavy atom. The molecule has 0 saturated carbocycles. The van der Waals surface area contributed by atoms with Crippen LogP contribution < -0.4 is 10.2 Å². The molecule has 1 aromatic carbocycles. The fourth-order valence-electron chi connectivity index (χ4n) is 4.49. The Kier molecular flexibility index (Phi) is 6.47. The number of likely N-dealkylation sites (tertiary alicyclic amines) is 1. The molecule has 28 heavy (non-hydrogen) atoms. The van der Waals surface area contributed by atoms with E-state index in [2.05, 4.69) is 20.1 Å². The Labute approximate surface area is 167 Å². The predicted molar refractivity (Wildman–Crippen MR) is 114 cm³/mol. The molecule has 6 heteroatoms. The molecule has 6 nitrogen and oxygen atoms in total. The second kappa shape index (κ2) is 9.41. The van der Waals surface area contributed by atoms with Gasteiger partial charge in [-0.15, -0.1) is 0 Å². The van der Waals surface area contributed by atoms with Gasteiger partial charge < -0.3 is 20.1 Å². The highest BCUT2D eigenvalue weighted by atomic mass is 16.1. The van der Waals surface area contributed by atoms with Crippen LogP contribution in [-0.2, 0) is 4.79 Å². The molecule has 0 aliphatic carbocycles. The quantitative estimate of drug-likeness (QED) is 0.752. The minimum atomic E-state index is 0.0557. The van der Waals surface area contributed by atoms with Crippen molar-refractivity contribution >= 4 is 22.9 Å². The lowest BCUT2D eigenvalue weighted by molar-refractivity contribution is -0.125. The van der Waals surface area contributed by atoms with Gasteiger partial charge in [-0.3, -0.25) is 4.79 Å². The lowest BCUT2D eigenvalue weighted by Gasteiger charge is -2.31. The summed E-state index contributed by atoms with van der Waals surface area (Å²) < 4.78 is 0. The molecule has 2 N–H and O–H groups in total. The van der Waals surface area contributed by atoms with Gasteiger partial charge in [0.2, 0.25) is 11.9 Å². The SMILES string of the molecule is O=C(NCCCN1CCCCCC1)C1CCCN(c2nc3ccccc3[nH]2)C1. The number of carbonyl (C=O) groups excluding carboxylic acids is 1. The fourth-order valence-corrected chi connectivity index (χ4v) is 4.49. The first-order chi connectivity index (χ1) is 13.8. The van der Waals surface area contributed by atoms with Crippen LogP contribution >= 0.6 is 0 Å². The number of hydrogen-bond donors (Lipinski definition) is 2. The Balaban J connectivity index is 1.24. The van der Waals surface area contributed by atoms with Gasteiger partial charge in [-0.2, -0.15) is 0 Å². The number of aromatic amines is 1. The van der Waals surface area contributed by atoms with Gasteiger partial charge >= 0.3 is 0 Å². The lowest BCUT2D eigenvalue weighted by atomic mass is 9.97. The van der Waals surface area contributed by atoms with Crippen molar-refractivity contribution in [3.05, 3.63) is 24.3 Å².